The van der Waals surface area contributed by atoms with Crippen LogP contribution in [-0.4, -0.2) is 52.7 Å². The molecule has 2 aliphatic heterocycles. The average molecular weight is 453 g/mol. The van der Waals surface area contributed by atoms with Crippen molar-refractivity contribution in [3.63, 3.8) is 0 Å². The number of hydrogen-bond acceptors (Lipinski definition) is 4. The first-order valence-corrected chi connectivity index (χ1v) is 12.3. The molecule has 2 amide bonds. The Morgan fingerprint density at radius 3 is 2.76 bits per heavy atom. The van der Waals surface area contributed by atoms with Gasteiger partial charge < -0.3 is 15.0 Å². The number of likely N-dealkylation sites (tertiary alicyclic amines) is 1. The largest absolute Gasteiger partial charge is 0.491 e. The van der Waals surface area contributed by atoms with Gasteiger partial charge in [0.1, 0.15) is 12.4 Å². The van der Waals surface area contributed by atoms with Crippen molar-refractivity contribution in [2.45, 2.75) is 57.8 Å². The molecule has 2 aliphatic rings. The van der Waals surface area contributed by atoms with Gasteiger partial charge >= 0.3 is 0 Å². The van der Waals surface area contributed by atoms with Gasteiger partial charge in [0.25, 0.3) is 0 Å². The molecule has 1 aromatic heterocycles. The van der Waals surface area contributed by atoms with Crippen LogP contribution in [0, 0.1) is 5.41 Å². The molecule has 7 nitrogen and oxygen atoms in total. The lowest BCUT2D eigenvalue weighted by atomic mass is 9.73. The quantitative estimate of drug-likeness (QED) is 0.776. The number of para-hydroxylation sites is 1. The van der Waals surface area contributed by atoms with Gasteiger partial charge in [0.05, 0.1) is 18.2 Å². The van der Waals surface area contributed by atoms with E-state index in [-0.39, 0.29) is 17.2 Å². The molecule has 0 bridgehead atoms. The van der Waals surface area contributed by atoms with Gasteiger partial charge in [-0.3, -0.25) is 14.3 Å². The molecule has 178 valence electrons. The lowest BCUT2D eigenvalue weighted by Gasteiger charge is -2.41. The van der Waals surface area contributed by atoms with Crippen molar-refractivity contribution >= 4 is 11.8 Å². The second-order valence-corrected chi connectivity index (χ2v) is 9.46. The first kappa shape index (κ1) is 23.3. The van der Waals surface area contributed by atoms with Crippen LogP contribution in [0.1, 0.15) is 56.1 Å². The normalized spacial score (nSPS) is 19.4. The zero-order chi connectivity index (χ0) is 23.1. The number of nitrogens with zero attached hydrogens (tertiary/aromatic N) is 3. The number of amides is 2. The first-order chi connectivity index (χ1) is 16.1. The number of aryl methyl sites for hydroxylation is 3. The zero-order valence-corrected chi connectivity index (χ0v) is 19.7. The summed E-state index contributed by atoms with van der Waals surface area (Å²) in [5, 5.41) is 7.30. The van der Waals surface area contributed by atoms with Crippen LogP contribution in [0.3, 0.4) is 0 Å². The third kappa shape index (κ3) is 5.95. The van der Waals surface area contributed by atoms with Crippen molar-refractivity contribution in [2.75, 3.05) is 26.2 Å². The van der Waals surface area contributed by atoms with Crippen LogP contribution in [0.2, 0.25) is 0 Å². The van der Waals surface area contributed by atoms with E-state index in [0.717, 1.165) is 56.3 Å². The van der Waals surface area contributed by atoms with Gasteiger partial charge in [-0.15, -0.1) is 0 Å². The van der Waals surface area contributed by atoms with Crippen molar-refractivity contribution in [1.82, 2.24) is 20.0 Å². The summed E-state index contributed by atoms with van der Waals surface area (Å²) in [7, 11) is 1.88. The molecule has 4 rings (SSSR count). The van der Waals surface area contributed by atoms with Crippen LogP contribution in [-0.2, 0) is 29.5 Å². The Hall–Kier alpha value is -2.83. The SMILES string of the molecule is Cn1cc(CCC(=O)N2CCC3(CCCCCc4ccccc4OCCNC3=O)CC2)cn1. The van der Waals surface area contributed by atoms with E-state index >= 15 is 0 Å². The monoisotopic (exact) mass is 452 g/mol. The fraction of sp³-hybridized carbons (Fsp3) is 0.577. The molecule has 33 heavy (non-hydrogen) atoms. The summed E-state index contributed by atoms with van der Waals surface area (Å²) in [5.74, 6) is 1.23. The Morgan fingerprint density at radius 1 is 1.15 bits per heavy atom. The van der Waals surface area contributed by atoms with Gasteiger partial charge in [-0.05, 0) is 55.7 Å². The van der Waals surface area contributed by atoms with E-state index in [1.54, 1.807) is 4.68 Å². The molecule has 1 N–H and O–H groups in total. The topological polar surface area (TPSA) is 76.5 Å². The molecule has 7 heteroatoms. The number of hydrogen-bond donors (Lipinski definition) is 1. The van der Waals surface area contributed by atoms with Crippen LogP contribution in [0.25, 0.3) is 0 Å². The highest BCUT2D eigenvalue weighted by atomic mass is 16.5. The highest BCUT2D eigenvalue weighted by Crippen LogP contribution is 2.38. The maximum Gasteiger partial charge on any atom is 0.226 e. The first-order valence-electron chi connectivity index (χ1n) is 12.3. The number of carbonyl (C=O) groups is 2. The summed E-state index contributed by atoms with van der Waals surface area (Å²) >= 11 is 0. The molecule has 0 atom stereocenters. The standard InChI is InChI=1S/C26H36N4O3/c1-29-20-21(19-28-29)10-11-24(31)30-16-13-26(14-17-30)12-6-2-3-7-22-8-4-5-9-23(22)33-18-15-27-25(26)32/h4-5,8-9,19-20H,2-3,6-7,10-18H2,1H3,(H,27,32). The van der Waals surface area contributed by atoms with Crippen molar-refractivity contribution in [3.05, 3.63) is 47.8 Å². The Kier molecular flexibility index (Phi) is 7.68. The van der Waals surface area contributed by atoms with Gasteiger partial charge in [-0.2, -0.15) is 5.10 Å². The second kappa shape index (κ2) is 10.9. The minimum Gasteiger partial charge on any atom is -0.491 e. The molecule has 0 saturated carbocycles. The number of benzene rings is 1. The van der Waals surface area contributed by atoms with Gasteiger partial charge in [0, 0.05) is 32.8 Å². The van der Waals surface area contributed by atoms with E-state index in [1.807, 2.05) is 36.5 Å². The van der Waals surface area contributed by atoms with Gasteiger partial charge in [0.15, 0.2) is 0 Å². The fourth-order valence-corrected chi connectivity index (χ4v) is 5.10. The summed E-state index contributed by atoms with van der Waals surface area (Å²) in [6.07, 6.45) is 11.6. The summed E-state index contributed by atoms with van der Waals surface area (Å²) in [5.41, 5.74) is 1.95. The number of ether oxygens (including phenoxy) is 1. The molecule has 3 heterocycles. The van der Waals surface area contributed by atoms with Gasteiger partial charge in [-0.1, -0.05) is 31.0 Å². The number of carbonyl (C=O) groups excluding carboxylic acids is 2. The lowest BCUT2D eigenvalue weighted by molar-refractivity contribution is -0.141. The summed E-state index contributed by atoms with van der Waals surface area (Å²) in [6.45, 7) is 2.28. The number of rotatable bonds is 3. The Labute approximate surface area is 196 Å². The molecular weight excluding hydrogens is 416 g/mol. The Balaban J connectivity index is 1.32. The molecule has 1 saturated heterocycles. The zero-order valence-electron chi connectivity index (χ0n) is 19.7. The highest BCUT2D eigenvalue weighted by Gasteiger charge is 2.41. The van der Waals surface area contributed by atoms with E-state index in [4.69, 9.17) is 4.74 Å². The predicted octanol–water partition coefficient (Wildman–Crippen LogP) is 3.27. The van der Waals surface area contributed by atoms with E-state index in [1.165, 1.54) is 5.56 Å². The highest BCUT2D eigenvalue weighted by molar-refractivity contribution is 5.83. The van der Waals surface area contributed by atoms with E-state index in [0.29, 0.717) is 39.1 Å². The predicted molar refractivity (Wildman–Crippen MR) is 127 cm³/mol. The van der Waals surface area contributed by atoms with Crippen LogP contribution >= 0.6 is 0 Å². The molecular formula is C26H36N4O3. The van der Waals surface area contributed by atoms with Gasteiger partial charge in [0.2, 0.25) is 11.8 Å². The fourth-order valence-electron chi connectivity index (χ4n) is 5.10. The molecule has 2 aromatic rings. The van der Waals surface area contributed by atoms with E-state index in [2.05, 4.69) is 22.5 Å². The minimum absolute atomic E-state index is 0.126. The smallest absolute Gasteiger partial charge is 0.226 e. The van der Waals surface area contributed by atoms with Crippen LogP contribution in [0.5, 0.6) is 5.75 Å². The summed E-state index contributed by atoms with van der Waals surface area (Å²) in [4.78, 5) is 28.0. The number of fused-ring (bicyclic) bond motifs is 1. The van der Waals surface area contributed by atoms with E-state index < -0.39 is 0 Å². The van der Waals surface area contributed by atoms with Crippen LogP contribution < -0.4 is 10.1 Å². The third-order valence-electron chi connectivity index (χ3n) is 7.16. The second-order valence-electron chi connectivity index (χ2n) is 9.46. The van der Waals surface area contributed by atoms with Crippen molar-refractivity contribution in [3.8, 4) is 5.75 Å². The van der Waals surface area contributed by atoms with Gasteiger partial charge in [-0.25, -0.2) is 0 Å². The van der Waals surface area contributed by atoms with Crippen molar-refractivity contribution in [1.29, 1.82) is 0 Å². The maximum atomic E-state index is 13.2. The van der Waals surface area contributed by atoms with E-state index in [9.17, 15) is 9.59 Å². The van der Waals surface area contributed by atoms with Crippen LogP contribution in [0.15, 0.2) is 36.7 Å². The average Bonchev–Trinajstić information content (AvgIpc) is 3.26. The minimum atomic E-state index is -0.374. The van der Waals surface area contributed by atoms with Crippen molar-refractivity contribution < 1.29 is 14.3 Å². The Morgan fingerprint density at radius 2 is 1.97 bits per heavy atom. The number of nitrogens with one attached hydrogen (secondary N) is 1. The molecule has 0 unspecified atom stereocenters. The molecule has 1 aromatic carbocycles. The molecule has 0 radical (unpaired) electrons. The molecule has 0 aliphatic carbocycles. The summed E-state index contributed by atoms with van der Waals surface area (Å²) in [6, 6.07) is 8.20. The number of piperidine rings is 1. The third-order valence-corrected chi connectivity index (χ3v) is 7.16. The Bertz CT molecular complexity index is 947. The maximum absolute atomic E-state index is 13.2. The lowest BCUT2D eigenvalue weighted by Crippen LogP contribution is -2.50. The molecule has 1 fully saturated rings. The summed E-state index contributed by atoms with van der Waals surface area (Å²) < 4.78 is 7.73. The van der Waals surface area contributed by atoms with Crippen LogP contribution in [0.4, 0.5) is 0 Å². The van der Waals surface area contributed by atoms with Crippen molar-refractivity contribution in [2.24, 2.45) is 12.5 Å². The molecule has 1 spiro atoms. The number of aromatic nitrogens is 2.